The number of carbonyl (C=O) groups is 2. The summed E-state index contributed by atoms with van der Waals surface area (Å²) in [5, 5.41) is 0. The molecule has 1 aliphatic carbocycles. The van der Waals surface area contributed by atoms with E-state index in [0.717, 1.165) is 19.3 Å². The molecule has 0 aliphatic heterocycles. The molecule has 0 heterocycles. The third-order valence-electron chi connectivity index (χ3n) is 3.53. The molecular weight excluding hydrogens is 244 g/mol. The largest absolute Gasteiger partial charge is 0.469 e. The average Bonchev–Trinajstić information content (AvgIpc) is 2.79. The molecule has 0 saturated heterocycles. The number of nitrogens with zero attached hydrogens (tertiary/aromatic N) is 1. The first-order chi connectivity index (χ1) is 8.93. The van der Waals surface area contributed by atoms with Crippen molar-refractivity contribution < 1.29 is 14.3 Å². The van der Waals surface area contributed by atoms with Crippen molar-refractivity contribution in [3.63, 3.8) is 0 Å². The molecule has 1 saturated carbocycles. The number of ether oxygens (including phenoxy) is 1. The lowest BCUT2D eigenvalue weighted by atomic mass is 10.0. The molecule has 1 amide bonds. The Labute approximate surface area is 115 Å². The molecule has 110 valence electrons. The van der Waals surface area contributed by atoms with Crippen molar-refractivity contribution in [2.24, 2.45) is 17.6 Å². The Morgan fingerprint density at radius 2 is 2.05 bits per heavy atom. The first-order valence-electron chi connectivity index (χ1n) is 7.05. The molecule has 1 aliphatic rings. The molecule has 0 radical (unpaired) electrons. The number of rotatable bonds is 6. The number of hydrogen-bond donors (Lipinski definition) is 1. The molecule has 0 bridgehead atoms. The smallest absolute Gasteiger partial charge is 0.307 e. The Balaban J connectivity index is 2.56. The molecule has 19 heavy (non-hydrogen) atoms. The summed E-state index contributed by atoms with van der Waals surface area (Å²) >= 11 is 0. The van der Waals surface area contributed by atoms with Crippen LogP contribution >= 0.6 is 0 Å². The van der Waals surface area contributed by atoms with Crippen molar-refractivity contribution in [1.29, 1.82) is 0 Å². The fraction of sp³-hybridized carbons (Fsp3) is 0.857. The fourth-order valence-electron chi connectivity index (χ4n) is 2.56. The van der Waals surface area contributed by atoms with Gasteiger partial charge in [0.15, 0.2) is 0 Å². The van der Waals surface area contributed by atoms with Gasteiger partial charge < -0.3 is 15.4 Å². The van der Waals surface area contributed by atoms with Gasteiger partial charge in [-0.05, 0) is 25.2 Å². The minimum atomic E-state index is -0.273. The lowest BCUT2D eigenvalue weighted by molar-refractivity contribution is -0.142. The maximum atomic E-state index is 12.4. The van der Waals surface area contributed by atoms with Crippen molar-refractivity contribution in [2.45, 2.75) is 45.6 Å². The quantitative estimate of drug-likeness (QED) is 0.735. The highest BCUT2D eigenvalue weighted by Crippen LogP contribution is 2.26. The summed E-state index contributed by atoms with van der Waals surface area (Å²) in [7, 11) is 1.37. The van der Waals surface area contributed by atoms with Crippen LogP contribution < -0.4 is 5.73 Å². The van der Waals surface area contributed by atoms with Crippen molar-refractivity contribution in [1.82, 2.24) is 4.90 Å². The maximum absolute atomic E-state index is 12.4. The Morgan fingerprint density at radius 1 is 1.37 bits per heavy atom. The second-order valence-corrected chi connectivity index (χ2v) is 5.77. The minimum absolute atomic E-state index is 0.0337. The predicted octanol–water partition coefficient (Wildman–Crippen LogP) is 1.16. The van der Waals surface area contributed by atoms with Crippen molar-refractivity contribution >= 4 is 11.9 Å². The Morgan fingerprint density at radius 3 is 2.53 bits per heavy atom. The highest BCUT2D eigenvalue weighted by Gasteiger charge is 2.31. The van der Waals surface area contributed by atoms with Gasteiger partial charge in [0.2, 0.25) is 5.91 Å². The zero-order valence-electron chi connectivity index (χ0n) is 12.2. The third-order valence-corrected chi connectivity index (χ3v) is 3.53. The van der Waals surface area contributed by atoms with Gasteiger partial charge in [0.05, 0.1) is 13.5 Å². The van der Waals surface area contributed by atoms with Crippen LogP contribution in [0.1, 0.15) is 39.5 Å². The van der Waals surface area contributed by atoms with E-state index in [9.17, 15) is 9.59 Å². The normalized spacial score (nSPS) is 22.6. The highest BCUT2D eigenvalue weighted by atomic mass is 16.5. The SMILES string of the molecule is COC(=O)CCN(CC(C)C)C(=O)C1CCC(N)C1. The van der Waals surface area contributed by atoms with Crippen LogP contribution in [0, 0.1) is 11.8 Å². The fourth-order valence-corrected chi connectivity index (χ4v) is 2.56. The standard InChI is InChI=1S/C14H26N2O3/c1-10(2)9-16(7-6-13(17)19-3)14(18)11-4-5-12(15)8-11/h10-12H,4-9,15H2,1-3H3. The third kappa shape index (κ3) is 5.19. The molecule has 0 spiro atoms. The molecule has 1 rings (SSSR count). The first kappa shape index (κ1) is 16.0. The highest BCUT2D eigenvalue weighted by molar-refractivity contribution is 5.80. The number of carbonyl (C=O) groups excluding carboxylic acids is 2. The molecule has 2 unspecified atom stereocenters. The van der Waals surface area contributed by atoms with Gasteiger partial charge in [-0.15, -0.1) is 0 Å². The topological polar surface area (TPSA) is 72.6 Å². The monoisotopic (exact) mass is 270 g/mol. The second kappa shape index (κ2) is 7.48. The Kier molecular flexibility index (Phi) is 6.28. The van der Waals surface area contributed by atoms with Crippen LogP contribution in [0.3, 0.4) is 0 Å². The van der Waals surface area contributed by atoms with E-state index in [2.05, 4.69) is 18.6 Å². The molecular formula is C14H26N2O3. The number of hydrogen-bond acceptors (Lipinski definition) is 4. The van der Waals surface area contributed by atoms with Gasteiger partial charge in [-0.25, -0.2) is 0 Å². The Bertz CT molecular complexity index is 318. The zero-order chi connectivity index (χ0) is 14.4. The summed E-state index contributed by atoms with van der Waals surface area (Å²) in [5.74, 6) is 0.290. The number of esters is 1. The van der Waals surface area contributed by atoms with Crippen LogP contribution in [0.2, 0.25) is 0 Å². The van der Waals surface area contributed by atoms with Crippen LogP contribution in [0.25, 0.3) is 0 Å². The van der Waals surface area contributed by atoms with Crippen molar-refractivity contribution in [3.8, 4) is 0 Å². The first-order valence-corrected chi connectivity index (χ1v) is 7.05. The van der Waals surface area contributed by atoms with Gasteiger partial charge in [-0.1, -0.05) is 13.8 Å². The molecule has 0 aromatic carbocycles. The van der Waals surface area contributed by atoms with Gasteiger partial charge in [-0.2, -0.15) is 0 Å². The Hall–Kier alpha value is -1.10. The molecule has 5 heteroatoms. The molecule has 0 aromatic rings. The number of methoxy groups -OCH3 is 1. The van der Waals surface area contributed by atoms with E-state index in [-0.39, 0.29) is 30.3 Å². The van der Waals surface area contributed by atoms with Gasteiger partial charge >= 0.3 is 5.97 Å². The summed E-state index contributed by atoms with van der Waals surface area (Å²) in [6.45, 7) is 5.26. The van der Waals surface area contributed by atoms with E-state index in [0.29, 0.717) is 19.0 Å². The molecule has 5 nitrogen and oxygen atoms in total. The van der Waals surface area contributed by atoms with Crippen molar-refractivity contribution in [2.75, 3.05) is 20.2 Å². The van der Waals surface area contributed by atoms with Crippen molar-refractivity contribution in [3.05, 3.63) is 0 Å². The van der Waals surface area contributed by atoms with E-state index in [1.807, 2.05) is 0 Å². The maximum Gasteiger partial charge on any atom is 0.307 e. The predicted molar refractivity (Wildman–Crippen MR) is 73.4 cm³/mol. The van der Waals surface area contributed by atoms with E-state index in [1.165, 1.54) is 7.11 Å². The van der Waals surface area contributed by atoms with Crippen LogP contribution in [0.5, 0.6) is 0 Å². The summed E-state index contributed by atoms with van der Waals surface area (Å²) < 4.78 is 4.63. The zero-order valence-corrected chi connectivity index (χ0v) is 12.2. The summed E-state index contributed by atoms with van der Waals surface area (Å²) in [6, 6.07) is 0.149. The van der Waals surface area contributed by atoms with Crippen LogP contribution in [0.15, 0.2) is 0 Å². The van der Waals surface area contributed by atoms with Gasteiger partial charge in [-0.3, -0.25) is 9.59 Å². The van der Waals surface area contributed by atoms with Gasteiger partial charge in [0, 0.05) is 25.0 Å². The lowest BCUT2D eigenvalue weighted by Crippen LogP contribution is -2.39. The van der Waals surface area contributed by atoms with E-state index >= 15 is 0 Å². The molecule has 2 N–H and O–H groups in total. The molecule has 2 atom stereocenters. The lowest BCUT2D eigenvalue weighted by Gasteiger charge is -2.27. The van der Waals surface area contributed by atoms with E-state index in [4.69, 9.17) is 5.73 Å². The molecule has 1 fully saturated rings. The summed E-state index contributed by atoms with van der Waals surface area (Å²) in [4.78, 5) is 25.5. The summed E-state index contributed by atoms with van der Waals surface area (Å²) in [5.41, 5.74) is 5.86. The van der Waals surface area contributed by atoms with Gasteiger partial charge in [0.1, 0.15) is 0 Å². The number of nitrogens with two attached hydrogens (primary N) is 1. The summed E-state index contributed by atoms with van der Waals surface area (Å²) in [6.07, 6.45) is 2.81. The van der Waals surface area contributed by atoms with Gasteiger partial charge in [0.25, 0.3) is 0 Å². The van der Waals surface area contributed by atoms with E-state index in [1.54, 1.807) is 4.90 Å². The minimum Gasteiger partial charge on any atom is -0.469 e. The second-order valence-electron chi connectivity index (χ2n) is 5.77. The van der Waals surface area contributed by atoms with Crippen LogP contribution in [0.4, 0.5) is 0 Å². The number of amides is 1. The van der Waals surface area contributed by atoms with Crippen LogP contribution in [-0.2, 0) is 14.3 Å². The average molecular weight is 270 g/mol. The van der Waals surface area contributed by atoms with E-state index < -0.39 is 0 Å². The molecule has 0 aromatic heterocycles. The van der Waals surface area contributed by atoms with Crippen LogP contribution in [-0.4, -0.2) is 43.0 Å².